The van der Waals surface area contributed by atoms with Gasteiger partial charge in [-0.3, -0.25) is 0 Å². The van der Waals surface area contributed by atoms with E-state index in [2.05, 4.69) is 6.58 Å². The second kappa shape index (κ2) is 6.77. The fraction of sp³-hybridized carbons (Fsp3) is 0.176. The van der Waals surface area contributed by atoms with Crippen molar-refractivity contribution in [1.82, 2.24) is 4.31 Å². The summed E-state index contributed by atoms with van der Waals surface area (Å²) in [6, 6.07) is 14.7. The molecule has 116 valence electrons. The molecule has 1 N–H and O–H groups in total. The molecule has 0 amide bonds. The van der Waals surface area contributed by atoms with Crippen molar-refractivity contribution in [3.63, 3.8) is 0 Å². The van der Waals surface area contributed by atoms with Crippen LogP contribution in [-0.4, -0.2) is 24.4 Å². The molecule has 0 aliphatic rings. The van der Waals surface area contributed by atoms with Gasteiger partial charge in [0, 0.05) is 12.6 Å². The van der Waals surface area contributed by atoms with Crippen molar-refractivity contribution in [3.05, 3.63) is 72.8 Å². The Balaban J connectivity index is 2.42. The molecular formula is C17H19NO3S. The topological polar surface area (TPSA) is 57.6 Å². The highest BCUT2D eigenvalue weighted by molar-refractivity contribution is 7.89. The number of hydrogen-bond acceptors (Lipinski definition) is 3. The molecule has 1 unspecified atom stereocenters. The summed E-state index contributed by atoms with van der Waals surface area (Å²) in [5.41, 5.74) is 0.909. The Kier molecular flexibility index (Phi) is 5.00. The highest BCUT2D eigenvalue weighted by atomic mass is 32.2. The first-order chi connectivity index (χ1) is 10.5. The van der Waals surface area contributed by atoms with Gasteiger partial charge in [-0.2, -0.15) is 4.31 Å². The molecule has 0 bridgehead atoms. The van der Waals surface area contributed by atoms with Crippen molar-refractivity contribution in [2.45, 2.75) is 17.9 Å². The van der Waals surface area contributed by atoms with Crippen LogP contribution >= 0.6 is 0 Å². The van der Waals surface area contributed by atoms with Crippen molar-refractivity contribution >= 4 is 10.0 Å². The maximum absolute atomic E-state index is 12.8. The second-order valence-corrected chi connectivity index (χ2v) is 6.83. The molecule has 1 atom stereocenters. The Morgan fingerprint density at radius 3 is 2.27 bits per heavy atom. The fourth-order valence-corrected chi connectivity index (χ4v) is 3.83. The molecular weight excluding hydrogens is 298 g/mol. The van der Waals surface area contributed by atoms with E-state index >= 15 is 0 Å². The summed E-state index contributed by atoms with van der Waals surface area (Å²) in [5.74, 6) is 0.0327. The van der Waals surface area contributed by atoms with Gasteiger partial charge in [0.2, 0.25) is 10.0 Å². The van der Waals surface area contributed by atoms with Crippen molar-refractivity contribution < 1.29 is 13.5 Å². The number of sulfonamides is 1. The van der Waals surface area contributed by atoms with E-state index in [1.807, 2.05) is 37.3 Å². The third-order valence-corrected chi connectivity index (χ3v) is 5.42. The fourth-order valence-electron chi connectivity index (χ4n) is 2.24. The van der Waals surface area contributed by atoms with E-state index in [1.54, 1.807) is 6.08 Å². The molecule has 0 aliphatic heterocycles. The van der Waals surface area contributed by atoms with Crippen LogP contribution in [0.25, 0.3) is 0 Å². The zero-order chi connectivity index (χ0) is 16.2. The normalized spacial score (nSPS) is 13.0. The molecule has 5 heteroatoms. The van der Waals surface area contributed by atoms with Crippen LogP contribution < -0.4 is 0 Å². The summed E-state index contributed by atoms with van der Waals surface area (Å²) in [6.07, 6.45) is 1.57. The highest BCUT2D eigenvalue weighted by Gasteiger charge is 2.28. The molecule has 2 aromatic carbocycles. The zero-order valence-electron chi connectivity index (χ0n) is 12.4. The van der Waals surface area contributed by atoms with Crippen molar-refractivity contribution in [1.29, 1.82) is 0 Å². The number of rotatable bonds is 6. The van der Waals surface area contributed by atoms with Crippen molar-refractivity contribution in [3.8, 4) is 5.75 Å². The minimum Gasteiger partial charge on any atom is -0.508 e. The van der Waals surface area contributed by atoms with E-state index in [0.29, 0.717) is 0 Å². The Morgan fingerprint density at radius 2 is 1.73 bits per heavy atom. The Bertz CT molecular complexity index is 724. The van der Waals surface area contributed by atoms with Crippen LogP contribution in [0.5, 0.6) is 5.75 Å². The lowest BCUT2D eigenvalue weighted by molar-refractivity contribution is 0.370. The summed E-state index contributed by atoms with van der Waals surface area (Å²) >= 11 is 0. The van der Waals surface area contributed by atoms with Crippen LogP contribution in [0, 0.1) is 0 Å². The van der Waals surface area contributed by atoms with E-state index in [1.165, 1.54) is 28.6 Å². The van der Waals surface area contributed by atoms with E-state index < -0.39 is 10.0 Å². The highest BCUT2D eigenvalue weighted by Crippen LogP contribution is 2.27. The minimum absolute atomic E-state index is 0.0327. The smallest absolute Gasteiger partial charge is 0.243 e. The first kappa shape index (κ1) is 16.3. The monoisotopic (exact) mass is 317 g/mol. The number of benzene rings is 2. The maximum Gasteiger partial charge on any atom is 0.243 e. The molecule has 4 nitrogen and oxygen atoms in total. The number of phenols is 1. The Morgan fingerprint density at radius 1 is 1.14 bits per heavy atom. The summed E-state index contributed by atoms with van der Waals surface area (Å²) in [7, 11) is -3.68. The van der Waals surface area contributed by atoms with Crippen LogP contribution in [0.1, 0.15) is 18.5 Å². The largest absolute Gasteiger partial charge is 0.508 e. The van der Waals surface area contributed by atoms with Crippen molar-refractivity contribution in [2.75, 3.05) is 6.54 Å². The SMILES string of the molecule is C=CCN(C(C)c1ccccc1)S(=O)(=O)c1ccc(O)cc1. The molecule has 0 saturated heterocycles. The summed E-state index contributed by atoms with van der Waals surface area (Å²) in [4.78, 5) is 0.148. The lowest BCUT2D eigenvalue weighted by Crippen LogP contribution is -2.33. The quantitative estimate of drug-likeness (QED) is 0.831. The number of phenolic OH excluding ortho intramolecular Hbond substituents is 1. The average Bonchev–Trinajstić information content (AvgIpc) is 2.53. The average molecular weight is 317 g/mol. The van der Waals surface area contributed by atoms with E-state index in [9.17, 15) is 13.5 Å². The van der Waals surface area contributed by atoms with Gasteiger partial charge in [-0.1, -0.05) is 36.4 Å². The predicted molar refractivity (Wildman–Crippen MR) is 87.1 cm³/mol. The van der Waals surface area contributed by atoms with Crippen LogP contribution in [0.15, 0.2) is 72.1 Å². The lowest BCUT2D eigenvalue weighted by atomic mass is 10.1. The molecule has 0 fully saturated rings. The van der Waals surface area contributed by atoms with Gasteiger partial charge in [0.1, 0.15) is 5.75 Å². The van der Waals surface area contributed by atoms with Crippen molar-refractivity contribution in [2.24, 2.45) is 0 Å². The van der Waals surface area contributed by atoms with Gasteiger partial charge >= 0.3 is 0 Å². The first-order valence-electron chi connectivity index (χ1n) is 6.93. The molecule has 0 aliphatic carbocycles. The maximum atomic E-state index is 12.8. The first-order valence-corrected chi connectivity index (χ1v) is 8.37. The van der Waals surface area contributed by atoms with Gasteiger partial charge in [0.15, 0.2) is 0 Å². The second-order valence-electron chi connectivity index (χ2n) is 4.94. The van der Waals surface area contributed by atoms with Gasteiger partial charge in [-0.05, 0) is 36.8 Å². The minimum atomic E-state index is -3.68. The molecule has 0 radical (unpaired) electrons. The molecule has 0 saturated carbocycles. The molecule has 2 aromatic rings. The molecule has 0 heterocycles. The third-order valence-electron chi connectivity index (χ3n) is 3.47. The van der Waals surface area contributed by atoms with Gasteiger partial charge in [0.25, 0.3) is 0 Å². The van der Waals surface area contributed by atoms with Crippen LogP contribution in [0.4, 0.5) is 0 Å². The van der Waals surface area contributed by atoms with Gasteiger partial charge in [-0.25, -0.2) is 8.42 Å². The predicted octanol–water partition coefficient (Wildman–Crippen LogP) is 3.33. The summed E-state index contributed by atoms with van der Waals surface area (Å²) < 4.78 is 27.1. The lowest BCUT2D eigenvalue weighted by Gasteiger charge is -2.27. The van der Waals surface area contributed by atoms with E-state index in [-0.39, 0.29) is 23.2 Å². The molecule has 0 aromatic heterocycles. The number of nitrogens with zero attached hydrogens (tertiary/aromatic N) is 1. The molecule has 22 heavy (non-hydrogen) atoms. The van der Waals surface area contributed by atoms with Crippen LogP contribution in [-0.2, 0) is 10.0 Å². The van der Waals surface area contributed by atoms with E-state index in [0.717, 1.165) is 5.56 Å². The van der Waals surface area contributed by atoms with Crippen LogP contribution in [0.3, 0.4) is 0 Å². The number of hydrogen-bond donors (Lipinski definition) is 1. The van der Waals surface area contributed by atoms with Crippen LogP contribution in [0.2, 0.25) is 0 Å². The zero-order valence-corrected chi connectivity index (χ0v) is 13.2. The third kappa shape index (κ3) is 3.37. The number of aromatic hydroxyl groups is 1. The Labute approximate surface area is 131 Å². The van der Waals surface area contributed by atoms with Gasteiger partial charge in [-0.15, -0.1) is 6.58 Å². The molecule has 2 rings (SSSR count). The van der Waals surface area contributed by atoms with E-state index in [4.69, 9.17) is 0 Å². The van der Waals surface area contributed by atoms with Gasteiger partial charge < -0.3 is 5.11 Å². The molecule has 0 spiro atoms. The van der Waals surface area contributed by atoms with Gasteiger partial charge in [0.05, 0.1) is 4.90 Å². The summed E-state index contributed by atoms with van der Waals surface area (Å²) in [6.45, 7) is 5.70. The standard InChI is InChI=1S/C17H19NO3S/c1-3-13-18(14(2)15-7-5-4-6-8-15)22(20,21)17-11-9-16(19)10-12-17/h3-12,14,19H,1,13H2,2H3. The Hall–Kier alpha value is -2.11. The summed E-state index contributed by atoms with van der Waals surface area (Å²) in [5, 5.41) is 9.33.